The van der Waals surface area contributed by atoms with Crippen molar-refractivity contribution in [2.75, 3.05) is 0 Å². The molecule has 0 radical (unpaired) electrons. The van der Waals surface area contributed by atoms with Crippen LogP contribution in [-0.2, 0) is 0 Å². The molecule has 0 unspecified atom stereocenters. The fourth-order valence-corrected chi connectivity index (χ4v) is 2.64. The highest BCUT2D eigenvalue weighted by molar-refractivity contribution is 9.10. The van der Waals surface area contributed by atoms with Gasteiger partial charge in [-0.15, -0.1) is 0 Å². The molecule has 1 nitrogen and oxygen atoms in total. The first-order valence-corrected chi connectivity index (χ1v) is 5.92. The van der Waals surface area contributed by atoms with E-state index in [1.165, 1.54) is 0 Å². The summed E-state index contributed by atoms with van der Waals surface area (Å²) >= 11 is 3.45. The van der Waals surface area contributed by atoms with E-state index in [1.807, 2.05) is 43.3 Å². The van der Waals surface area contributed by atoms with Crippen molar-refractivity contribution >= 4 is 21.7 Å². The molecule has 0 fully saturated rings. The van der Waals surface area contributed by atoms with Crippen LogP contribution in [0, 0.1) is 6.92 Å². The summed E-state index contributed by atoms with van der Waals surface area (Å²) in [5.41, 5.74) is 4.93. The summed E-state index contributed by atoms with van der Waals surface area (Å²) in [5.74, 6) is 0.140. The van der Waals surface area contributed by atoms with Crippen LogP contribution in [0.4, 0.5) is 0 Å². The first-order chi connectivity index (χ1) is 7.68. The molecule has 0 aliphatic heterocycles. The molecule has 0 N–H and O–H groups in total. The Balaban J connectivity index is 2.43. The minimum Gasteiger partial charge on any atom is -0.289 e. The van der Waals surface area contributed by atoms with E-state index in [-0.39, 0.29) is 5.78 Å². The lowest BCUT2D eigenvalue weighted by molar-refractivity contribution is 0.104. The van der Waals surface area contributed by atoms with Crippen LogP contribution >= 0.6 is 15.9 Å². The molecule has 16 heavy (non-hydrogen) atoms. The third-order valence-electron chi connectivity index (χ3n) is 3.01. The maximum Gasteiger partial charge on any atom is 0.194 e. The molecule has 0 bridgehead atoms. The van der Waals surface area contributed by atoms with E-state index in [4.69, 9.17) is 0 Å². The molecule has 0 heterocycles. The fraction of sp³-hybridized carbons (Fsp3) is 0.0714. The van der Waals surface area contributed by atoms with Gasteiger partial charge in [-0.25, -0.2) is 0 Å². The minimum atomic E-state index is 0.140. The second kappa shape index (κ2) is 3.29. The van der Waals surface area contributed by atoms with E-state index in [1.54, 1.807) is 0 Å². The predicted molar refractivity (Wildman–Crippen MR) is 67.7 cm³/mol. The highest BCUT2D eigenvalue weighted by Gasteiger charge is 2.27. The Bertz CT molecular complexity index is 614. The van der Waals surface area contributed by atoms with Gasteiger partial charge in [0, 0.05) is 15.6 Å². The number of hydrogen-bond acceptors (Lipinski definition) is 1. The lowest BCUT2D eigenvalue weighted by Gasteiger charge is -2.03. The predicted octanol–water partition coefficient (Wildman–Crippen LogP) is 3.97. The Morgan fingerprint density at radius 1 is 1.00 bits per heavy atom. The molecule has 0 saturated carbocycles. The molecule has 2 aromatic rings. The van der Waals surface area contributed by atoms with Gasteiger partial charge in [0.05, 0.1) is 0 Å². The number of rotatable bonds is 0. The summed E-state index contributed by atoms with van der Waals surface area (Å²) in [6, 6.07) is 11.7. The summed E-state index contributed by atoms with van der Waals surface area (Å²) in [4.78, 5) is 12.1. The highest BCUT2D eigenvalue weighted by atomic mass is 79.9. The zero-order valence-electron chi connectivity index (χ0n) is 8.75. The zero-order chi connectivity index (χ0) is 11.3. The van der Waals surface area contributed by atoms with Crippen molar-refractivity contribution in [2.24, 2.45) is 0 Å². The van der Waals surface area contributed by atoms with Gasteiger partial charge >= 0.3 is 0 Å². The van der Waals surface area contributed by atoms with Crippen molar-refractivity contribution in [2.45, 2.75) is 6.92 Å². The molecule has 3 rings (SSSR count). The Morgan fingerprint density at radius 2 is 1.81 bits per heavy atom. The summed E-state index contributed by atoms with van der Waals surface area (Å²) in [5, 5.41) is 0. The Morgan fingerprint density at radius 3 is 2.62 bits per heavy atom. The van der Waals surface area contributed by atoms with Crippen molar-refractivity contribution in [3.63, 3.8) is 0 Å². The number of hydrogen-bond donors (Lipinski definition) is 0. The van der Waals surface area contributed by atoms with Crippen LogP contribution in [0.3, 0.4) is 0 Å². The number of aryl methyl sites for hydroxylation is 1. The Hall–Kier alpha value is -1.41. The molecular weight excluding hydrogens is 264 g/mol. The third kappa shape index (κ3) is 1.20. The summed E-state index contributed by atoms with van der Waals surface area (Å²) in [7, 11) is 0. The fourth-order valence-electron chi connectivity index (χ4n) is 2.28. The van der Waals surface area contributed by atoms with E-state index in [9.17, 15) is 4.79 Å². The van der Waals surface area contributed by atoms with Gasteiger partial charge in [-0.3, -0.25) is 4.79 Å². The van der Waals surface area contributed by atoms with Crippen molar-refractivity contribution in [1.29, 1.82) is 0 Å². The van der Waals surface area contributed by atoms with Crippen LogP contribution < -0.4 is 0 Å². The van der Waals surface area contributed by atoms with Gasteiger partial charge in [-0.2, -0.15) is 0 Å². The molecule has 1 aliphatic rings. The van der Waals surface area contributed by atoms with Gasteiger partial charge in [0.15, 0.2) is 5.78 Å². The summed E-state index contributed by atoms with van der Waals surface area (Å²) in [6.07, 6.45) is 0. The van der Waals surface area contributed by atoms with Crippen molar-refractivity contribution in [3.05, 3.63) is 57.6 Å². The van der Waals surface area contributed by atoms with Crippen LogP contribution in [0.5, 0.6) is 0 Å². The summed E-state index contributed by atoms with van der Waals surface area (Å²) in [6.45, 7) is 2.04. The molecule has 0 atom stereocenters. The molecule has 0 saturated heterocycles. The van der Waals surface area contributed by atoms with E-state index in [0.717, 1.165) is 32.3 Å². The smallest absolute Gasteiger partial charge is 0.194 e. The summed E-state index contributed by atoms with van der Waals surface area (Å²) < 4.78 is 1.01. The van der Waals surface area contributed by atoms with E-state index < -0.39 is 0 Å². The Labute approximate surface area is 102 Å². The number of halogens is 1. The first-order valence-electron chi connectivity index (χ1n) is 5.13. The number of carbonyl (C=O) groups excluding carboxylic acids is 1. The van der Waals surface area contributed by atoms with Gasteiger partial charge < -0.3 is 0 Å². The number of benzene rings is 2. The average Bonchev–Trinajstić information content (AvgIpc) is 2.54. The van der Waals surface area contributed by atoms with Crippen molar-refractivity contribution in [1.82, 2.24) is 0 Å². The highest BCUT2D eigenvalue weighted by Crippen LogP contribution is 2.39. The number of carbonyl (C=O) groups is 1. The number of ketones is 1. The van der Waals surface area contributed by atoms with Crippen molar-refractivity contribution in [3.8, 4) is 11.1 Å². The van der Waals surface area contributed by atoms with Gasteiger partial charge in [0.25, 0.3) is 0 Å². The molecule has 0 amide bonds. The molecule has 0 aromatic heterocycles. The lowest BCUT2D eigenvalue weighted by atomic mass is 10.0. The quantitative estimate of drug-likeness (QED) is 0.605. The van der Waals surface area contributed by atoms with Gasteiger partial charge in [0.1, 0.15) is 0 Å². The van der Waals surface area contributed by atoms with Crippen LogP contribution in [-0.4, -0.2) is 5.78 Å². The second-order valence-corrected chi connectivity index (χ2v) is 4.93. The lowest BCUT2D eigenvalue weighted by Crippen LogP contribution is -1.94. The monoisotopic (exact) mass is 272 g/mol. The SMILES string of the molecule is Cc1cccc2c1-c1cc(Br)ccc1C2=O. The molecule has 78 valence electrons. The molecule has 2 aromatic carbocycles. The largest absolute Gasteiger partial charge is 0.289 e. The van der Waals surface area contributed by atoms with Crippen LogP contribution in [0.15, 0.2) is 40.9 Å². The van der Waals surface area contributed by atoms with Crippen LogP contribution in [0.2, 0.25) is 0 Å². The molecule has 0 spiro atoms. The van der Waals surface area contributed by atoms with Gasteiger partial charge in [0.2, 0.25) is 0 Å². The van der Waals surface area contributed by atoms with Crippen LogP contribution in [0.1, 0.15) is 21.5 Å². The number of fused-ring (bicyclic) bond motifs is 3. The van der Waals surface area contributed by atoms with E-state index >= 15 is 0 Å². The maximum atomic E-state index is 12.1. The normalized spacial score (nSPS) is 12.5. The van der Waals surface area contributed by atoms with Crippen molar-refractivity contribution < 1.29 is 4.79 Å². The topological polar surface area (TPSA) is 17.1 Å². The van der Waals surface area contributed by atoms with Gasteiger partial charge in [-0.1, -0.05) is 34.1 Å². The van der Waals surface area contributed by atoms with Crippen LogP contribution in [0.25, 0.3) is 11.1 Å². The standard InChI is InChI=1S/C14H9BrO/c1-8-3-2-4-11-13(8)12-7-9(15)5-6-10(12)14(11)16/h2-7H,1H3. The Kier molecular flexibility index (Phi) is 2.01. The average molecular weight is 273 g/mol. The maximum absolute atomic E-state index is 12.1. The van der Waals surface area contributed by atoms with E-state index in [0.29, 0.717) is 0 Å². The van der Waals surface area contributed by atoms with E-state index in [2.05, 4.69) is 15.9 Å². The minimum absolute atomic E-state index is 0.140. The third-order valence-corrected chi connectivity index (χ3v) is 3.51. The zero-order valence-corrected chi connectivity index (χ0v) is 10.3. The molecule has 1 aliphatic carbocycles. The first kappa shape index (κ1) is 9.79. The molecular formula is C14H9BrO. The second-order valence-electron chi connectivity index (χ2n) is 4.02. The molecule has 2 heteroatoms. The van der Waals surface area contributed by atoms with Gasteiger partial charge in [-0.05, 0) is 41.8 Å².